The van der Waals surface area contributed by atoms with Crippen LogP contribution in [0.5, 0.6) is 0 Å². The second-order valence-corrected chi connectivity index (χ2v) is 2.75. The Morgan fingerprint density at radius 3 is 2.43 bits per heavy atom. The fourth-order valence-electron chi connectivity index (χ4n) is 0.493. The fourth-order valence-corrected chi connectivity index (χ4v) is 1.22. The summed E-state index contributed by atoms with van der Waals surface area (Å²) in [5, 5.41) is 1.11. The van der Waals surface area contributed by atoms with Gasteiger partial charge in [-0.1, -0.05) is 6.07 Å². The van der Waals surface area contributed by atoms with Crippen LogP contribution in [0.15, 0.2) is 11.9 Å². The Hall–Kier alpha value is -0.480. The standard InChI is InChI=1S/C6H6P/c1-5-3-6(2)7-4-5/h3-4H,1-2H2/q-1/p+1. The maximum atomic E-state index is 3.77. The zero-order valence-electron chi connectivity index (χ0n) is 4.07. The monoisotopic (exact) mass is 110 g/mol. The van der Waals surface area contributed by atoms with E-state index < -0.39 is 0 Å². The molecule has 0 radical (unpaired) electrons. The zero-order chi connectivity index (χ0) is 5.28. The van der Waals surface area contributed by atoms with Crippen molar-refractivity contribution < 1.29 is 0 Å². The first-order chi connectivity index (χ1) is 3.29. The molecule has 1 heterocycles. The normalized spacial score (nSPS) is 10.3. The Balaban J connectivity index is 3.59. The lowest BCUT2D eigenvalue weighted by Gasteiger charge is -1.57. The van der Waals surface area contributed by atoms with Crippen molar-refractivity contribution in [2.24, 2.45) is 0 Å². The van der Waals surface area contributed by atoms with Gasteiger partial charge >= 0.3 is 0 Å². The number of hydrogen-bond donors (Lipinski definition) is 0. The molecule has 1 heteroatoms. The van der Waals surface area contributed by atoms with E-state index in [9.17, 15) is 0 Å². The Morgan fingerprint density at radius 1 is 1.57 bits per heavy atom. The highest BCUT2D eigenvalue weighted by Gasteiger charge is 1.74. The zero-order valence-corrected chi connectivity index (χ0v) is 5.07. The van der Waals surface area contributed by atoms with E-state index in [-0.39, 0.29) is 0 Å². The van der Waals surface area contributed by atoms with Gasteiger partial charge in [-0.25, -0.2) is 0 Å². The Morgan fingerprint density at radius 2 is 2.29 bits per heavy atom. The van der Waals surface area contributed by atoms with Crippen LogP contribution < -0.4 is 10.2 Å². The van der Waals surface area contributed by atoms with Crippen LogP contribution in [0, 0.1) is 0 Å². The summed E-state index contributed by atoms with van der Waals surface area (Å²) in [5.74, 6) is 2.10. The van der Waals surface area contributed by atoms with Gasteiger partial charge in [0.2, 0.25) is 0 Å². The Kier molecular flexibility index (Phi) is 1.04. The maximum Gasteiger partial charge on any atom is 0.0535 e. The van der Waals surface area contributed by atoms with E-state index in [4.69, 9.17) is 0 Å². The van der Waals surface area contributed by atoms with Crippen LogP contribution >= 0.6 is 8.19 Å². The van der Waals surface area contributed by atoms with Crippen molar-refractivity contribution in [2.75, 3.05) is 0 Å². The van der Waals surface area contributed by atoms with E-state index in [0.29, 0.717) is 0 Å². The third-order valence-corrected chi connectivity index (χ3v) is 1.83. The number of hydrogen-bond acceptors (Lipinski definition) is 0. The summed E-state index contributed by atoms with van der Waals surface area (Å²) in [6.45, 7) is 7.51. The minimum absolute atomic E-state index is 0.788. The summed E-state index contributed by atoms with van der Waals surface area (Å²) in [6.07, 6.45) is 0. The minimum Gasteiger partial charge on any atom is -0.168 e. The molecule has 1 aromatic heterocycles. The van der Waals surface area contributed by atoms with E-state index >= 15 is 0 Å². The molecule has 0 aliphatic heterocycles. The van der Waals surface area contributed by atoms with Gasteiger partial charge in [0.05, 0.1) is 13.1 Å². The molecule has 1 atom stereocenters. The van der Waals surface area contributed by atoms with Gasteiger partial charge in [-0.3, -0.25) is 0 Å². The lowest BCUT2D eigenvalue weighted by atomic mass is 10.5. The molecule has 0 saturated heterocycles. The second kappa shape index (κ2) is 1.55. The van der Waals surface area contributed by atoms with Gasteiger partial charge in [-0.05, 0) is 0 Å². The van der Waals surface area contributed by atoms with Gasteiger partial charge in [-0.2, -0.15) is 6.58 Å². The molecule has 0 N–H and O–H groups in total. The van der Waals surface area contributed by atoms with Crippen LogP contribution in [0.4, 0.5) is 0 Å². The molecule has 0 saturated carbocycles. The molecule has 0 aromatic carbocycles. The molecule has 0 amide bonds. The summed E-state index contributed by atoms with van der Waals surface area (Å²) in [5.41, 5.74) is 0. The molecular formula is C6H7P. The van der Waals surface area contributed by atoms with Gasteiger partial charge in [0.25, 0.3) is 0 Å². The fraction of sp³-hybridized carbons (Fsp3) is 0. The summed E-state index contributed by atoms with van der Waals surface area (Å²) < 4.78 is 0. The van der Waals surface area contributed by atoms with Crippen LogP contribution in [-0.4, -0.2) is 0 Å². The van der Waals surface area contributed by atoms with E-state index in [1.165, 1.54) is 4.95 Å². The van der Waals surface area contributed by atoms with Gasteiger partial charge in [0.1, 0.15) is 0 Å². The molecule has 0 aliphatic carbocycles. The van der Waals surface area contributed by atoms with Gasteiger partial charge in [0, 0.05) is 5.80 Å². The molecule has 1 unspecified atom stereocenters. The average molecular weight is 110 g/mol. The first kappa shape index (κ1) is 4.67. The van der Waals surface area contributed by atoms with Crippen molar-refractivity contribution in [3.63, 3.8) is 0 Å². The molecule has 0 aliphatic rings. The van der Waals surface area contributed by atoms with E-state index in [0.717, 1.165) is 13.4 Å². The largest absolute Gasteiger partial charge is 0.168 e. The summed E-state index contributed by atoms with van der Waals surface area (Å²) >= 11 is 0. The summed E-state index contributed by atoms with van der Waals surface area (Å²) in [4.78, 5) is 1.20. The molecular weight excluding hydrogens is 103 g/mol. The van der Waals surface area contributed by atoms with Crippen molar-refractivity contribution >= 4 is 21.4 Å². The topological polar surface area (TPSA) is 0 Å². The second-order valence-electron chi connectivity index (χ2n) is 1.53. The van der Waals surface area contributed by atoms with Crippen LogP contribution in [-0.2, 0) is 0 Å². The Labute approximate surface area is 44.3 Å². The maximum absolute atomic E-state index is 3.77. The van der Waals surface area contributed by atoms with Crippen molar-refractivity contribution in [1.82, 2.24) is 0 Å². The third kappa shape index (κ3) is 0.942. The van der Waals surface area contributed by atoms with Crippen LogP contribution in [0.25, 0.3) is 13.2 Å². The molecule has 0 fully saturated rings. The lowest BCUT2D eigenvalue weighted by molar-refractivity contribution is 1.81. The predicted molar refractivity (Wildman–Crippen MR) is 36.2 cm³/mol. The minimum atomic E-state index is 0.788. The molecule has 0 bridgehead atoms. The Bertz CT molecular complexity index is 208. The molecule has 0 spiro atoms. The summed E-state index contributed by atoms with van der Waals surface area (Å²) in [6, 6.07) is 2.01. The molecule has 0 nitrogen and oxygen atoms in total. The molecule has 7 heavy (non-hydrogen) atoms. The van der Waals surface area contributed by atoms with Crippen molar-refractivity contribution in [3.05, 3.63) is 22.0 Å². The highest BCUT2D eigenvalue weighted by Crippen LogP contribution is 1.83. The quantitative estimate of drug-likeness (QED) is 0.427. The van der Waals surface area contributed by atoms with Gasteiger partial charge in [-0.15, -0.1) is 11.8 Å². The van der Waals surface area contributed by atoms with Crippen molar-refractivity contribution in [2.45, 2.75) is 0 Å². The summed E-state index contributed by atoms with van der Waals surface area (Å²) in [7, 11) is 0.788. The highest BCUT2D eigenvalue weighted by atomic mass is 31.0. The smallest absolute Gasteiger partial charge is 0.0535 e. The van der Waals surface area contributed by atoms with Crippen molar-refractivity contribution in [3.8, 4) is 0 Å². The lowest BCUT2D eigenvalue weighted by Crippen LogP contribution is -1.91. The van der Waals surface area contributed by atoms with Crippen LogP contribution in [0.2, 0.25) is 0 Å². The predicted octanol–water partition coefficient (Wildman–Crippen LogP) is 0.538. The third-order valence-electron chi connectivity index (χ3n) is 0.803. The van der Waals surface area contributed by atoms with Crippen molar-refractivity contribution in [1.29, 1.82) is 0 Å². The first-order valence-corrected chi connectivity index (χ1v) is 3.19. The molecule has 36 valence electrons. The van der Waals surface area contributed by atoms with E-state index in [1.807, 2.05) is 6.07 Å². The van der Waals surface area contributed by atoms with Crippen LogP contribution in [0.1, 0.15) is 0 Å². The first-order valence-electron chi connectivity index (χ1n) is 2.11. The molecule has 1 rings (SSSR count). The SMILES string of the molecule is C=c1c[pH+]c(=C)[cH-]1. The molecule has 1 aromatic rings. The van der Waals surface area contributed by atoms with Crippen LogP contribution in [0.3, 0.4) is 0 Å². The average Bonchev–Trinajstić information content (AvgIpc) is 1.87. The van der Waals surface area contributed by atoms with E-state index in [1.54, 1.807) is 0 Å². The van der Waals surface area contributed by atoms with Gasteiger partial charge in [0.15, 0.2) is 0 Å². The highest BCUT2D eigenvalue weighted by molar-refractivity contribution is 7.28. The van der Waals surface area contributed by atoms with Gasteiger partial charge < -0.3 is 0 Å². The van der Waals surface area contributed by atoms with E-state index in [2.05, 4.69) is 19.0 Å². The number of rotatable bonds is 0.